The number of carbonyl (C=O) groups is 1. The van der Waals surface area contributed by atoms with Gasteiger partial charge in [-0.1, -0.05) is 18.7 Å². The first kappa shape index (κ1) is 14.7. The van der Waals surface area contributed by atoms with Crippen molar-refractivity contribution in [3.05, 3.63) is 60.2 Å². The molecule has 1 amide bonds. The Kier molecular flexibility index (Phi) is 3.76. The number of fused-ring (bicyclic) bond motifs is 1. The van der Waals surface area contributed by atoms with E-state index in [-0.39, 0.29) is 5.91 Å². The number of aryl methyl sites for hydroxylation is 1. The molecule has 0 aliphatic carbocycles. The molecule has 5 nitrogen and oxygen atoms in total. The Bertz CT molecular complexity index is 924. The number of nitrogens with zero attached hydrogens (tertiary/aromatic N) is 1. The molecule has 2 aromatic carbocycles. The summed E-state index contributed by atoms with van der Waals surface area (Å²) in [6, 6.07) is 11.5. The molecular weight excluding hydrogens is 288 g/mol. The van der Waals surface area contributed by atoms with Crippen LogP contribution in [0.15, 0.2) is 49.1 Å². The van der Waals surface area contributed by atoms with E-state index in [9.17, 15) is 4.79 Å². The van der Waals surface area contributed by atoms with Crippen LogP contribution in [0.5, 0.6) is 0 Å². The fourth-order valence-electron chi connectivity index (χ4n) is 2.49. The molecule has 0 saturated heterocycles. The molecule has 0 fully saturated rings. The number of nitrogens with one attached hydrogen (secondary N) is 3. The minimum absolute atomic E-state index is 0.291. The van der Waals surface area contributed by atoms with E-state index in [2.05, 4.69) is 22.1 Å². The molecule has 0 bridgehead atoms. The minimum Gasteiger partial charge on any atom is -0.322 e. The third-order valence-corrected chi connectivity index (χ3v) is 3.57. The second-order valence-electron chi connectivity index (χ2n) is 5.30. The quantitative estimate of drug-likeness (QED) is 0.508. The fourth-order valence-corrected chi connectivity index (χ4v) is 2.49. The standard InChI is InChI=1S/C18H16N4O/c1-3-17(23)20-14-8-12(10-19)7-13(9-14)18-15-5-4-11(2)6-16(15)21-22-18/h3-10,19H,1H2,2H3,(H,20,23)(H,21,22). The Balaban J connectivity index is 2.13. The summed E-state index contributed by atoms with van der Waals surface area (Å²) in [5, 5.41) is 18.6. The van der Waals surface area contributed by atoms with Crippen LogP contribution in [0.25, 0.3) is 22.2 Å². The van der Waals surface area contributed by atoms with Crippen LogP contribution in [-0.4, -0.2) is 22.3 Å². The third kappa shape index (κ3) is 2.89. The average molecular weight is 304 g/mol. The Morgan fingerprint density at radius 2 is 2.13 bits per heavy atom. The third-order valence-electron chi connectivity index (χ3n) is 3.57. The number of hydrogen-bond acceptors (Lipinski definition) is 3. The summed E-state index contributed by atoms with van der Waals surface area (Å²) in [6.07, 6.45) is 2.45. The van der Waals surface area contributed by atoms with E-state index in [0.717, 1.165) is 27.7 Å². The Hall–Kier alpha value is -3.21. The van der Waals surface area contributed by atoms with Crippen LogP contribution >= 0.6 is 0 Å². The number of amides is 1. The second-order valence-corrected chi connectivity index (χ2v) is 5.30. The lowest BCUT2D eigenvalue weighted by atomic mass is 10.0. The Labute approximate surface area is 133 Å². The molecule has 5 heteroatoms. The van der Waals surface area contributed by atoms with Gasteiger partial charge in [0, 0.05) is 22.9 Å². The highest BCUT2D eigenvalue weighted by Crippen LogP contribution is 2.29. The van der Waals surface area contributed by atoms with E-state index < -0.39 is 0 Å². The number of aromatic nitrogens is 2. The van der Waals surface area contributed by atoms with E-state index in [4.69, 9.17) is 5.41 Å². The largest absolute Gasteiger partial charge is 0.322 e. The summed E-state index contributed by atoms with van der Waals surface area (Å²) in [5.41, 5.74) is 5.02. The van der Waals surface area contributed by atoms with Gasteiger partial charge in [-0.15, -0.1) is 0 Å². The van der Waals surface area contributed by atoms with Crippen LogP contribution in [0.1, 0.15) is 11.1 Å². The number of anilines is 1. The zero-order valence-electron chi connectivity index (χ0n) is 12.7. The van der Waals surface area contributed by atoms with Crippen molar-refractivity contribution in [3.8, 4) is 11.3 Å². The number of benzene rings is 2. The maximum Gasteiger partial charge on any atom is 0.247 e. The second kappa shape index (κ2) is 5.88. The number of hydrogen-bond donors (Lipinski definition) is 3. The van der Waals surface area contributed by atoms with Crippen molar-refractivity contribution in [2.24, 2.45) is 0 Å². The maximum absolute atomic E-state index is 11.5. The first-order chi connectivity index (χ1) is 11.1. The van der Waals surface area contributed by atoms with Gasteiger partial charge in [0.15, 0.2) is 0 Å². The molecule has 3 aromatic rings. The first-order valence-electron chi connectivity index (χ1n) is 7.15. The summed E-state index contributed by atoms with van der Waals surface area (Å²) < 4.78 is 0. The maximum atomic E-state index is 11.5. The molecule has 0 unspecified atom stereocenters. The van der Waals surface area contributed by atoms with Gasteiger partial charge in [0.1, 0.15) is 0 Å². The van der Waals surface area contributed by atoms with Gasteiger partial charge in [0.2, 0.25) is 5.91 Å². The molecule has 0 spiro atoms. The van der Waals surface area contributed by atoms with Gasteiger partial charge < -0.3 is 10.7 Å². The smallest absolute Gasteiger partial charge is 0.247 e. The molecular formula is C18H16N4O. The number of H-pyrrole nitrogens is 1. The van der Waals surface area contributed by atoms with Gasteiger partial charge in [0.25, 0.3) is 0 Å². The van der Waals surface area contributed by atoms with Crippen molar-refractivity contribution in [3.63, 3.8) is 0 Å². The summed E-state index contributed by atoms with van der Waals surface area (Å²) >= 11 is 0. The molecule has 114 valence electrons. The van der Waals surface area contributed by atoms with Gasteiger partial charge in [-0.25, -0.2) is 0 Å². The number of aromatic amines is 1. The molecule has 0 atom stereocenters. The van der Waals surface area contributed by atoms with Crippen LogP contribution in [-0.2, 0) is 4.79 Å². The van der Waals surface area contributed by atoms with Crippen LogP contribution in [0.3, 0.4) is 0 Å². The summed E-state index contributed by atoms with van der Waals surface area (Å²) in [5.74, 6) is -0.291. The van der Waals surface area contributed by atoms with Gasteiger partial charge in [-0.05, 0) is 48.4 Å². The van der Waals surface area contributed by atoms with Crippen molar-refractivity contribution in [1.82, 2.24) is 10.2 Å². The highest BCUT2D eigenvalue weighted by molar-refractivity contribution is 6.01. The lowest BCUT2D eigenvalue weighted by Gasteiger charge is -2.07. The fraction of sp³-hybridized carbons (Fsp3) is 0.0556. The van der Waals surface area contributed by atoms with Crippen molar-refractivity contribution in [1.29, 1.82) is 5.41 Å². The predicted octanol–water partition coefficient (Wildman–Crippen LogP) is 3.66. The van der Waals surface area contributed by atoms with Crippen LogP contribution in [0.2, 0.25) is 0 Å². The van der Waals surface area contributed by atoms with Crippen LogP contribution in [0, 0.1) is 12.3 Å². The lowest BCUT2D eigenvalue weighted by Crippen LogP contribution is -2.07. The zero-order chi connectivity index (χ0) is 16.4. The Morgan fingerprint density at radius 1 is 1.30 bits per heavy atom. The highest BCUT2D eigenvalue weighted by Gasteiger charge is 2.11. The normalized spacial score (nSPS) is 10.5. The van der Waals surface area contributed by atoms with E-state index in [1.807, 2.05) is 37.3 Å². The van der Waals surface area contributed by atoms with Gasteiger partial charge >= 0.3 is 0 Å². The van der Waals surface area contributed by atoms with E-state index in [0.29, 0.717) is 11.3 Å². The van der Waals surface area contributed by atoms with E-state index >= 15 is 0 Å². The molecule has 3 rings (SSSR count). The molecule has 0 saturated carbocycles. The van der Waals surface area contributed by atoms with Crippen molar-refractivity contribution in [2.75, 3.05) is 5.32 Å². The lowest BCUT2D eigenvalue weighted by molar-refractivity contribution is -0.111. The summed E-state index contributed by atoms with van der Waals surface area (Å²) in [7, 11) is 0. The molecule has 3 N–H and O–H groups in total. The molecule has 0 radical (unpaired) electrons. The molecule has 1 heterocycles. The SMILES string of the molecule is C=CC(=O)Nc1cc(C=N)cc(-c2n[nH]c3cc(C)ccc23)c1. The number of carbonyl (C=O) groups excluding carboxylic acids is 1. The molecule has 1 aromatic heterocycles. The number of rotatable bonds is 4. The highest BCUT2D eigenvalue weighted by atomic mass is 16.1. The van der Waals surface area contributed by atoms with Crippen LogP contribution < -0.4 is 5.32 Å². The molecule has 23 heavy (non-hydrogen) atoms. The zero-order valence-corrected chi connectivity index (χ0v) is 12.7. The van der Waals surface area contributed by atoms with Crippen LogP contribution in [0.4, 0.5) is 5.69 Å². The van der Waals surface area contributed by atoms with E-state index in [1.165, 1.54) is 12.3 Å². The Morgan fingerprint density at radius 3 is 2.87 bits per heavy atom. The van der Waals surface area contributed by atoms with Crippen molar-refractivity contribution in [2.45, 2.75) is 6.92 Å². The van der Waals surface area contributed by atoms with Crippen molar-refractivity contribution < 1.29 is 4.79 Å². The molecule has 0 aliphatic heterocycles. The van der Waals surface area contributed by atoms with Gasteiger partial charge in [-0.3, -0.25) is 9.89 Å². The molecule has 0 aliphatic rings. The summed E-state index contributed by atoms with van der Waals surface area (Å²) in [4.78, 5) is 11.5. The first-order valence-corrected chi connectivity index (χ1v) is 7.15. The minimum atomic E-state index is -0.291. The van der Waals surface area contributed by atoms with Gasteiger partial charge in [-0.2, -0.15) is 5.10 Å². The van der Waals surface area contributed by atoms with Crippen molar-refractivity contribution >= 4 is 28.7 Å². The topological polar surface area (TPSA) is 81.6 Å². The van der Waals surface area contributed by atoms with Gasteiger partial charge in [0.05, 0.1) is 11.2 Å². The summed E-state index contributed by atoms with van der Waals surface area (Å²) in [6.45, 7) is 5.47. The van der Waals surface area contributed by atoms with E-state index in [1.54, 1.807) is 6.07 Å². The predicted molar refractivity (Wildman–Crippen MR) is 93.0 cm³/mol. The average Bonchev–Trinajstić information content (AvgIpc) is 2.97. The monoisotopic (exact) mass is 304 g/mol.